The monoisotopic (exact) mass is 520 g/mol. The van der Waals surface area contributed by atoms with Gasteiger partial charge in [-0.15, -0.1) is 0 Å². The van der Waals surface area contributed by atoms with Gasteiger partial charge < -0.3 is 0 Å². The molecule has 1 unspecified atom stereocenters. The fraction of sp³-hybridized carbons (Fsp3) is 0.0769. The summed E-state index contributed by atoms with van der Waals surface area (Å²) >= 11 is 14.5. The van der Waals surface area contributed by atoms with Crippen LogP contribution in [0.5, 0.6) is 0 Å². The van der Waals surface area contributed by atoms with Crippen LogP contribution in [0.25, 0.3) is 0 Å². The molecule has 0 nitrogen and oxygen atoms in total. The van der Waals surface area contributed by atoms with Crippen molar-refractivity contribution in [3.63, 3.8) is 0 Å². The summed E-state index contributed by atoms with van der Waals surface area (Å²) in [5, 5.41) is 0.584. The van der Waals surface area contributed by atoms with Crippen LogP contribution < -0.4 is 0 Å². The van der Waals surface area contributed by atoms with Gasteiger partial charge in [0.2, 0.25) is 0 Å². The first-order valence-corrected chi connectivity index (χ1v) is 8.30. The molecule has 0 saturated carbocycles. The van der Waals surface area contributed by atoms with E-state index in [9.17, 15) is 8.78 Å². The lowest BCUT2D eigenvalue weighted by Gasteiger charge is -2.13. The number of hydrogen-bond acceptors (Lipinski definition) is 0. The Morgan fingerprint density at radius 1 is 1.11 bits per heavy atom. The summed E-state index contributed by atoms with van der Waals surface area (Å²) in [6, 6.07) is 7.69. The molecule has 0 heterocycles. The van der Waals surface area contributed by atoms with Gasteiger partial charge in [-0.1, -0.05) is 33.6 Å². The summed E-state index contributed by atoms with van der Waals surface area (Å²) in [7, 11) is 0. The van der Waals surface area contributed by atoms with Crippen molar-refractivity contribution in [1.29, 1.82) is 0 Å². The molecule has 0 amide bonds. The third kappa shape index (κ3) is 3.49. The van der Waals surface area contributed by atoms with Crippen molar-refractivity contribution in [2.24, 2.45) is 0 Å². The molecule has 0 aromatic heterocycles. The summed E-state index contributed by atoms with van der Waals surface area (Å²) < 4.78 is 28.4. The molecule has 0 saturated heterocycles. The van der Waals surface area contributed by atoms with E-state index in [1.165, 1.54) is 6.07 Å². The predicted octanol–water partition coefficient (Wildman–Crippen LogP) is 6.47. The Balaban J connectivity index is 2.46. The molecule has 0 aliphatic heterocycles. The molecule has 2 aromatic carbocycles. The van der Waals surface area contributed by atoms with Crippen molar-refractivity contribution in [2.45, 2.75) is 4.83 Å². The SMILES string of the molecule is Fc1cc(C(Br)c2ccc(I)c(Cl)c2)c(F)cc1Br. The Bertz CT molecular complexity index is 634. The molecule has 0 fully saturated rings. The normalized spacial score (nSPS) is 12.5. The van der Waals surface area contributed by atoms with Crippen LogP contribution in [0.3, 0.4) is 0 Å². The highest BCUT2D eigenvalue weighted by atomic mass is 127. The maximum atomic E-state index is 13.9. The second-order valence-corrected chi connectivity index (χ2v) is 7.16. The van der Waals surface area contributed by atoms with Crippen LogP contribution in [0.15, 0.2) is 34.8 Å². The van der Waals surface area contributed by atoms with Crippen molar-refractivity contribution in [2.75, 3.05) is 0 Å². The third-order valence-corrected chi connectivity index (χ3v) is 5.75. The molecule has 0 aliphatic rings. The Morgan fingerprint density at radius 3 is 2.42 bits per heavy atom. The molecule has 0 N–H and O–H groups in total. The number of rotatable bonds is 2. The van der Waals surface area contributed by atoms with Crippen LogP contribution in [0.2, 0.25) is 5.02 Å². The van der Waals surface area contributed by atoms with Crippen molar-refractivity contribution < 1.29 is 8.78 Å². The standard InChI is InChI=1S/C13H6Br2ClF2I/c14-8-5-10(17)7(4-11(8)18)13(15)6-1-2-12(19)9(16)3-6/h1-5,13H. The van der Waals surface area contributed by atoms with Gasteiger partial charge in [0, 0.05) is 9.13 Å². The fourth-order valence-electron chi connectivity index (χ4n) is 1.58. The van der Waals surface area contributed by atoms with Crippen molar-refractivity contribution in [3.8, 4) is 0 Å². The fourth-order valence-corrected chi connectivity index (χ4v) is 3.06. The number of hydrogen-bond donors (Lipinski definition) is 0. The highest BCUT2D eigenvalue weighted by molar-refractivity contribution is 14.1. The van der Waals surface area contributed by atoms with E-state index < -0.39 is 16.5 Å². The topological polar surface area (TPSA) is 0 Å². The zero-order chi connectivity index (χ0) is 14.2. The minimum absolute atomic E-state index is 0.106. The number of benzene rings is 2. The minimum Gasteiger partial charge on any atom is -0.207 e. The number of halogens is 6. The first-order valence-electron chi connectivity index (χ1n) is 5.13. The highest BCUT2D eigenvalue weighted by Crippen LogP contribution is 2.36. The third-order valence-electron chi connectivity index (χ3n) is 2.55. The quantitative estimate of drug-likeness (QED) is 0.241. The Morgan fingerprint density at radius 2 is 1.79 bits per heavy atom. The summed E-state index contributed by atoms with van der Waals surface area (Å²) in [6.45, 7) is 0. The molecule has 0 aliphatic carbocycles. The molecule has 100 valence electrons. The van der Waals surface area contributed by atoms with Crippen LogP contribution in [-0.4, -0.2) is 0 Å². The van der Waals surface area contributed by atoms with Gasteiger partial charge in [0.1, 0.15) is 11.6 Å². The zero-order valence-corrected chi connectivity index (χ0v) is 15.3. The van der Waals surface area contributed by atoms with Gasteiger partial charge in [-0.25, -0.2) is 8.78 Å². The first kappa shape index (κ1) is 15.7. The lowest BCUT2D eigenvalue weighted by Crippen LogP contribution is -1.99. The Labute approximate surface area is 144 Å². The average Bonchev–Trinajstić information content (AvgIpc) is 2.36. The van der Waals surface area contributed by atoms with Gasteiger partial charge in [0.05, 0.1) is 14.3 Å². The Hall–Kier alpha value is 0.280. The van der Waals surface area contributed by atoms with Gasteiger partial charge >= 0.3 is 0 Å². The minimum atomic E-state index is -0.502. The second kappa shape index (κ2) is 6.37. The van der Waals surface area contributed by atoms with E-state index >= 15 is 0 Å². The van der Waals surface area contributed by atoms with E-state index in [1.807, 2.05) is 12.1 Å². The van der Waals surface area contributed by atoms with Gasteiger partial charge in [0.15, 0.2) is 0 Å². The van der Waals surface area contributed by atoms with E-state index in [2.05, 4.69) is 54.5 Å². The van der Waals surface area contributed by atoms with E-state index in [0.29, 0.717) is 5.02 Å². The van der Waals surface area contributed by atoms with E-state index in [-0.39, 0.29) is 10.0 Å². The van der Waals surface area contributed by atoms with Crippen molar-refractivity contribution >= 4 is 66.1 Å². The lowest BCUT2D eigenvalue weighted by molar-refractivity contribution is 0.583. The molecule has 6 heteroatoms. The van der Waals surface area contributed by atoms with Gasteiger partial charge in [-0.05, 0) is 68.3 Å². The molecule has 0 radical (unpaired) electrons. The van der Waals surface area contributed by atoms with E-state index in [1.54, 1.807) is 6.07 Å². The predicted molar refractivity (Wildman–Crippen MR) is 89.0 cm³/mol. The number of alkyl halides is 1. The van der Waals surface area contributed by atoms with E-state index in [4.69, 9.17) is 11.6 Å². The van der Waals surface area contributed by atoms with Crippen LogP contribution in [-0.2, 0) is 0 Å². The summed E-state index contributed by atoms with van der Waals surface area (Å²) in [4.78, 5) is -0.454. The largest absolute Gasteiger partial charge is 0.207 e. The summed E-state index contributed by atoms with van der Waals surface area (Å²) in [5.41, 5.74) is 1.00. The van der Waals surface area contributed by atoms with Crippen LogP contribution in [0.1, 0.15) is 16.0 Å². The molecule has 19 heavy (non-hydrogen) atoms. The molecular formula is C13H6Br2ClF2I. The average molecular weight is 522 g/mol. The molecule has 2 rings (SSSR count). The maximum Gasteiger partial charge on any atom is 0.137 e. The highest BCUT2D eigenvalue weighted by Gasteiger charge is 2.18. The smallest absolute Gasteiger partial charge is 0.137 e. The molecular weight excluding hydrogens is 516 g/mol. The summed E-state index contributed by atoms with van der Waals surface area (Å²) in [5.74, 6) is -0.984. The molecule has 1 atom stereocenters. The molecule has 0 spiro atoms. The van der Waals surface area contributed by atoms with Gasteiger partial charge in [-0.2, -0.15) is 0 Å². The first-order chi connectivity index (χ1) is 8.90. The maximum absolute atomic E-state index is 13.9. The van der Waals surface area contributed by atoms with Gasteiger partial charge in [0.25, 0.3) is 0 Å². The second-order valence-electron chi connectivity index (χ2n) is 3.82. The van der Waals surface area contributed by atoms with Gasteiger partial charge in [-0.3, -0.25) is 0 Å². The zero-order valence-electron chi connectivity index (χ0n) is 9.23. The van der Waals surface area contributed by atoms with E-state index in [0.717, 1.165) is 15.2 Å². The lowest BCUT2D eigenvalue weighted by atomic mass is 10.0. The summed E-state index contributed by atoms with van der Waals surface area (Å²) in [6.07, 6.45) is 0. The van der Waals surface area contributed by atoms with Crippen molar-refractivity contribution in [1.82, 2.24) is 0 Å². The van der Waals surface area contributed by atoms with Crippen LogP contribution in [0, 0.1) is 15.2 Å². The van der Waals surface area contributed by atoms with Crippen LogP contribution in [0.4, 0.5) is 8.78 Å². The molecule has 0 bridgehead atoms. The van der Waals surface area contributed by atoms with Crippen molar-refractivity contribution in [3.05, 3.63) is 66.2 Å². The Kier molecular flexibility index (Phi) is 5.25. The van der Waals surface area contributed by atoms with Crippen LogP contribution >= 0.6 is 66.1 Å². The molecule has 2 aromatic rings.